The maximum Gasteiger partial charge on any atom is 0.318 e. The van der Waals surface area contributed by atoms with Crippen molar-refractivity contribution in [3.8, 4) is 5.75 Å². The maximum atomic E-state index is 13.1. The van der Waals surface area contributed by atoms with E-state index in [2.05, 4.69) is 4.72 Å². The SMILES string of the molecule is COc1ccc([C@H](NS(=O)(=O)c2cc(Cl)cc(Cl)c2)[C@H](C(=O)O)C(=O)N2CCC2)cc1. The molecule has 1 amide bonds. The van der Waals surface area contributed by atoms with Crippen LogP contribution in [0, 0.1) is 5.92 Å². The first kappa shape index (κ1) is 23.3. The molecular formula is C20H20Cl2N2O6S. The van der Waals surface area contributed by atoms with Crippen molar-refractivity contribution in [3.63, 3.8) is 0 Å². The molecule has 1 saturated heterocycles. The highest BCUT2D eigenvalue weighted by molar-refractivity contribution is 7.89. The molecule has 1 aliphatic rings. The van der Waals surface area contributed by atoms with Crippen LogP contribution in [0.2, 0.25) is 10.0 Å². The zero-order valence-electron chi connectivity index (χ0n) is 16.4. The predicted octanol–water partition coefficient (Wildman–Crippen LogP) is 2.95. The molecule has 2 atom stereocenters. The van der Waals surface area contributed by atoms with Crippen molar-refractivity contribution in [1.82, 2.24) is 9.62 Å². The zero-order chi connectivity index (χ0) is 22.8. The third-order valence-corrected chi connectivity index (χ3v) is 6.79. The van der Waals surface area contributed by atoms with E-state index in [9.17, 15) is 23.1 Å². The van der Waals surface area contributed by atoms with Crippen LogP contribution in [0.25, 0.3) is 0 Å². The van der Waals surface area contributed by atoms with E-state index in [1.165, 1.54) is 42.3 Å². The van der Waals surface area contributed by atoms with Crippen LogP contribution in [0.3, 0.4) is 0 Å². The molecule has 0 unspecified atom stereocenters. The smallest absolute Gasteiger partial charge is 0.318 e. The van der Waals surface area contributed by atoms with Gasteiger partial charge in [-0.1, -0.05) is 35.3 Å². The first-order valence-corrected chi connectivity index (χ1v) is 11.5. The van der Waals surface area contributed by atoms with E-state index in [0.29, 0.717) is 24.4 Å². The number of carboxylic acid groups (broad SMARTS) is 1. The Labute approximate surface area is 189 Å². The van der Waals surface area contributed by atoms with Crippen LogP contribution >= 0.6 is 23.2 Å². The third kappa shape index (κ3) is 5.30. The lowest BCUT2D eigenvalue weighted by atomic mass is 9.91. The molecular weight excluding hydrogens is 467 g/mol. The van der Waals surface area contributed by atoms with Crippen LogP contribution in [0.1, 0.15) is 18.0 Å². The van der Waals surface area contributed by atoms with Gasteiger partial charge in [0.15, 0.2) is 5.92 Å². The highest BCUT2D eigenvalue weighted by atomic mass is 35.5. The third-order valence-electron chi connectivity index (χ3n) is 4.94. The van der Waals surface area contributed by atoms with Crippen LogP contribution in [0.5, 0.6) is 5.75 Å². The summed E-state index contributed by atoms with van der Waals surface area (Å²) in [5, 5.41) is 10.0. The number of likely N-dealkylation sites (tertiary alicyclic amines) is 1. The van der Waals surface area contributed by atoms with Crippen molar-refractivity contribution < 1.29 is 27.9 Å². The fraction of sp³-hybridized carbons (Fsp3) is 0.300. The van der Waals surface area contributed by atoms with Crippen LogP contribution in [-0.2, 0) is 19.6 Å². The molecule has 0 bridgehead atoms. The van der Waals surface area contributed by atoms with Gasteiger partial charge in [-0.2, -0.15) is 0 Å². The summed E-state index contributed by atoms with van der Waals surface area (Å²) in [5.74, 6) is -3.28. The first-order chi connectivity index (χ1) is 14.6. The van der Waals surface area contributed by atoms with Gasteiger partial charge in [0.1, 0.15) is 5.75 Å². The number of sulfonamides is 1. The molecule has 0 aromatic heterocycles. The summed E-state index contributed by atoms with van der Waals surface area (Å²) in [6, 6.07) is 8.50. The minimum atomic E-state index is -4.28. The minimum Gasteiger partial charge on any atom is -0.497 e. The lowest BCUT2D eigenvalue weighted by Gasteiger charge is -2.35. The summed E-state index contributed by atoms with van der Waals surface area (Å²) in [4.78, 5) is 26.1. The van der Waals surface area contributed by atoms with E-state index in [4.69, 9.17) is 27.9 Å². The molecule has 0 aliphatic carbocycles. The van der Waals surface area contributed by atoms with Gasteiger partial charge < -0.3 is 14.7 Å². The summed E-state index contributed by atoms with van der Waals surface area (Å²) in [6.07, 6.45) is 0.762. The standard InChI is InChI=1S/C20H20Cl2N2O6S/c1-30-15-5-3-12(4-6-15)18(17(20(26)27)19(25)24-7-2-8-24)23-31(28,29)16-10-13(21)9-14(22)11-16/h3-6,9-11,17-18,23H,2,7-8H2,1H3,(H,26,27)/t17-,18-/m0/s1. The largest absolute Gasteiger partial charge is 0.497 e. The van der Waals surface area contributed by atoms with E-state index in [0.717, 1.165) is 6.42 Å². The Morgan fingerprint density at radius 3 is 2.13 bits per heavy atom. The number of aliphatic carboxylic acids is 1. The van der Waals surface area contributed by atoms with Gasteiger partial charge in [0.25, 0.3) is 0 Å². The molecule has 1 heterocycles. The molecule has 2 N–H and O–H groups in total. The topological polar surface area (TPSA) is 113 Å². The summed E-state index contributed by atoms with van der Waals surface area (Å²) < 4.78 is 33.6. The Balaban J connectivity index is 2.05. The molecule has 0 saturated carbocycles. The van der Waals surface area contributed by atoms with Gasteiger partial charge in [-0.15, -0.1) is 0 Å². The number of ether oxygens (including phenoxy) is 1. The fourth-order valence-corrected chi connectivity index (χ4v) is 5.14. The molecule has 8 nitrogen and oxygen atoms in total. The number of nitrogens with zero attached hydrogens (tertiary/aromatic N) is 1. The lowest BCUT2D eigenvalue weighted by molar-refractivity contribution is -0.154. The summed E-state index contributed by atoms with van der Waals surface area (Å²) in [5.41, 5.74) is 0.291. The zero-order valence-corrected chi connectivity index (χ0v) is 18.7. The Hall–Kier alpha value is -2.33. The van der Waals surface area contributed by atoms with E-state index >= 15 is 0 Å². The second-order valence-corrected chi connectivity index (χ2v) is 9.56. The average Bonchev–Trinajstić information content (AvgIpc) is 2.65. The second kappa shape index (κ2) is 9.44. The van der Waals surface area contributed by atoms with Gasteiger partial charge in [0.2, 0.25) is 15.9 Å². The van der Waals surface area contributed by atoms with Crippen molar-refractivity contribution in [2.45, 2.75) is 17.4 Å². The number of carbonyl (C=O) groups is 2. The Morgan fingerprint density at radius 1 is 1.10 bits per heavy atom. The first-order valence-electron chi connectivity index (χ1n) is 9.26. The molecule has 3 rings (SSSR count). The highest BCUT2D eigenvalue weighted by Crippen LogP contribution is 2.30. The van der Waals surface area contributed by atoms with Crippen molar-refractivity contribution in [2.24, 2.45) is 5.92 Å². The average molecular weight is 487 g/mol. The summed E-state index contributed by atoms with van der Waals surface area (Å²) in [6.45, 7) is 0.850. The molecule has 1 fully saturated rings. The van der Waals surface area contributed by atoms with Crippen molar-refractivity contribution in [2.75, 3.05) is 20.2 Å². The van der Waals surface area contributed by atoms with Gasteiger partial charge in [-0.3, -0.25) is 9.59 Å². The number of carboxylic acids is 1. The number of hydrogen-bond acceptors (Lipinski definition) is 5. The van der Waals surface area contributed by atoms with Crippen LogP contribution < -0.4 is 9.46 Å². The van der Waals surface area contributed by atoms with Gasteiger partial charge in [0.05, 0.1) is 18.0 Å². The minimum absolute atomic E-state index is 0.0975. The number of methoxy groups -OCH3 is 1. The Bertz CT molecular complexity index is 1070. The number of nitrogens with one attached hydrogen (secondary N) is 1. The summed E-state index contributed by atoms with van der Waals surface area (Å²) >= 11 is 11.9. The van der Waals surface area contributed by atoms with Gasteiger partial charge in [0, 0.05) is 23.1 Å². The molecule has 31 heavy (non-hydrogen) atoms. The molecule has 0 spiro atoms. The van der Waals surface area contributed by atoms with Crippen molar-refractivity contribution in [3.05, 3.63) is 58.1 Å². The Morgan fingerprint density at radius 2 is 1.68 bits per heavy atom. The number of rotatable bonds is 8. The number of benzene rings is 2. The number of halogens is 2. The molecule has 2 aromatic rings. The molecule has 0 radical (unpaired) electrons. The van der Waals surface area contributed by atoms with Gasteiger partial charge in [-0.05, 0) is 42.3 Å². The van der Waals surface area contributed by atoms with E-state index in [1.54, 1.807) is 12.1 Å². The second-order valence-electron chi connectivity index (χ2n) is 6.97. The van der Waals surface area contributed by atoms with Crippen LogP contribution in [0.15, 0.2) is 47.4 Å². The lowest BCUT2D eigenvalue weighted by Crippen LogP contribution is -2.51. The van der Waals surface area contributed by atoms with Crippen LogP contribution in [-0.4, -0.2) is 50.5 Å². The van der Waals surface area contributed by atoms with Crippen molar-refractivity contribution in [1.29, 1.82) is 0 Å². The van der Waals surface area contributed by atoms with E-state index in [1.807, 2.05) is 0 Å². The number of carbonyl (C=O) groups excluding carboxylic acids is 1. The number of amides is 1. The Kier molecular flexibility index (Phi) is 7.10. The van der Waals surface area contributed by atoms with Crippen LogP contribution in [0.4, 0.5) is 0 Å². The maximum absolute atomic E-state index is 13.1. The van der Waals surface area contributed by atoms with Crippen molar-refractivity contribution >= 4 is 45.1 Å². The van der Waals surface area contributed by atoms with Gasteiger partial charge in [-0.25, -0.2) is 13.1 Å². The molecule has 2 aromatic carbocycles. The van der Waals surface area contributed by atoms with E-state index in [-0.39, 0.29) is 14.9 Å². The molecule has 166 valence electrons. The predicted molar refractivity (Wildman–Crippen MR) is 115 cm³/mol. The quantitative estimate of drug-likeness (QED) is 0.554. The highest BCUT2D eigenvalue weighted by Gasteiger charge is 2.42. The molecule has 1 aliphatic heterocycles. The van der Waals surface area contributed by atoms with E-state index < -0.39 is 33.9 Å². The fourth-order valence-electron chi connectivity index (χ4n) is 3.18. The van der Waals surface area contributed by atoms with Gasteiger partial charge >= 0.3 is 5.97 Å². The number of hydrogen-bond donors (Lipinski definition) is 2. The summed E-state index contributed by atoms with van der Waals surface area (Å²) in [7, 11) is -2.82. The molecule has 11 heteroatoms. The monoisotopic (exact) mass is 486 g/mol. The normalized spacial score (nSPS) is 15.6.